The van der Waals surface area contributed by atoms with E-state index in [1.54, 1.807) is 20.8 Å². The van der Waals surface area contributed by atoms with Crippen LogP contribution >= 0.6 is 11.8 Å². The van der Waals surface area contributed by atoms with Gasteiger partial charge in [-0.3, -0.25) is 25.0 Å². The minimum Gasteiger partial charge on any atom is -0.477 e. The molecule has 12 nitrogen and oxygen atoms in total. The van der Waals surface area contributed by atoms with E-state index >= 15 is 0 Å². The SMILES string of the molecule is CC(=O)OCC1=C(C(=O)O)N2C(=O)C(N)(OC(=O)CNC(=O)OC(C)(C)C)[C@H]2SC1. The van der Waals surface area contributed by atoms with Crippen LogP contribution in [0.3, 0.4) is 0 Å². The maximum absolute atomic E-state index is 12.6. The smallest absolute Gasteiger partial charge is 0.408 e. The summed E-state index contributed by atoms with van der Waals surface area (Å²) in [5, 5.41) is 10.7. The first kappa shape index (κ1) is 23.5. The zero-order valence-corrected chi connectivity index (χ0v) is 17.7. The van der Waals surface area contributed by atoms with E-state index < -0.39 is 53.2 Å². The summed E-state index contributed by atoms with van der Waals surface area (Å²) in [6.07, 6.45) is -0.856. The van der Waals surface area contributed by atoms with Crippen molar-refractivity contribution >= 4 is 41.7 Å². The maximum Gasteiger partial charge on any atom is 0.408 e. The fourth-order valence-corrected chi connectivity index (χ4v) is 4.02. The van der Waals surface area contributed by atoms with Gasteiger partial charge >= 0.3 is 24.0 Å². The molecule has 4 N–H and O–H groups in total. The maximum atomic E-state index is 12.6. The minimum atomic E-state index is -2.09. The summed E-state index contributed by atoms with van der Waals surface area (Å²) < 4.78 is 14.9. The Balaban J connectivity index is 2.05. The Hall–Kier alpha value is -2.80. The molecule has 166 valence electrons. The van der Waals surface area contributed by atoms with Crippen LogP contribution in [0.5, 0.6) is 0 Å². The summed E-state index contributed by atoms with van der Waals surface area (Å²) in [7, 11) is 0. The van der Waals surface area contributed by atoms with E-state index in [0.717, 1.165) is 16.7 Å². The summed E-state index contributed by atoms with van der Waals surface area (Å²) in [6, 6.07) is 0. The van der Waals surface area contributed by atoms with Crippen LogP contribution in [0.15, 0.2) is 11.3 Å². The summed E-state index contributed by atoms with van der Waals surface area (Å²) >= 11 is 1.06. The monoisotopic (exact) mass is 445 g/mol. The van der Waals surface area contributed by atoms with E-state index in [0.29, 0.717) is 0 Å². The lowest BCUT2D eigenvalue weighted by Gasteiger charge is -2.53. The van der Waals surface area contributed by atoms with E-state index in [2.05, 4.69) is 5.32 Å². The molecule has 0 aromatic rings. The molecule has 0 saturated carbocycles. The molecule has 0 aromatic heterocycles. The van der Waals surface area contributed by atoms with Crippen molar-refractivity contribution in [2.24, 2.45) is 5.73 Å². The molecule has 2 amide bonds. The number of thioether (sulfide) groups is 1. The predicted molar refractivity (Wildman–Crippen MR) is 102 cm³/mol. The van der Waals surface area contributed by atoms with Gasteiger partial charge < -0.3 is 24.6 Å². The van der Waals surface area contributed by atoms with E-state index in [9.17, 15) is 29.1 Å². The molecule has 2 aliphatic heterocycles. The standard InChI is InChI=1S/C17H23N3O9S/c1-8(21)27-6-9-7-30-14-17(18,13(25)20(14)11(9)12(23)24)28-10(22)5-19-15(26)29-16(2,3)4/h14H,5-7,18H2,1-4H3,(H,19,26)(H,23,24)/t14-,17?/m1/s1. The van der Waals surface area contributed by atoms with Gasteiger partial charge in [0.25, 0.3) is 11.6 Å². The van der Waals surface area contributed by atoms with Crippen LogP contribution in [0.25, 0.3) is 0 Å². The molecule has 13 heteroatoms. The van der Waals surface area contributed by atoms with Crippen LogP contribution in [0.1, 0.15) is 27.7 Å². The number of nitrogens with two attached hydrogens (primary N) is 1. The molecule has 0 spiro atoms. The number of hydrogen-bond donors (Lipinski definition) is 3. The van der Waals surface area contributed by atoms with Crippen molar-refractivity contribution < 1.29 is 43.3 Å². The van der Waals surface area contributed by atoms with Crippen LogP contribution in [0, 0.1) is 0 Å². The van der Waals surface area contributed by atoms with Gasteiger partial charge in [0.05, 0.1) is 0 Å². The number of fused-ring (bicyclic) bond motifs is 1. The lowest BCUT2D eigenvalue weighted by atomic mass is 9.99. The molecular formula is C17H23N3O9S. The average Bonchev–Trinajstić information content (AvgIpc) is 2.61. The van der Waals surface area contributed by atoms with E-state index in [4.69, 9.17) is 19.9 Å². The lowest BCUT2D eigenvalue weighted by molar-refractivity contribution is -0.194. The number of esters is 2. The van der Waals surface area contributed by atoms with Crippen molar-refractivity contribution in [1.82, 2.24) is 10.2 Å². The van der Waals surface area contributed by atoms with Crippen molar-refractivity contribution in [1.29, 1.82) is 0 Å². The summed E-state index contributed by atoms with van der Waals surface area (Å²) in [4.78, 5) is 59.8. The Morgan fingerprint density at radius 1 is 1.33 bits per heavy atom. The predicted octanol–water partition coefficient (Wildman–Crippen LogP) is -0.474. The van der Waals surface area contributed by atoms with Crippen LogP contribution in [-0.2, 0) is 33.4 Å². The van der Waals surface area contributed by atoms with Crippen LogP contribution in [0.4, 0.5) is 4.79 Å². The third-order valence-electron chi connectivity index (χ3n) is 3.86. The Kier molecular flexibility index (Phi) is 6.67. The molecular weight excluding hydrogens is 422 g/mol. The average molecular weight is 445 g/mol. The quantitative estimate of drug-likeness (QED) is 0.208. The summed E-state index contributed by atoms with van der Waals surface area (Å²) in [5.74, 6) is -3.85. The Morgan fingerprint density at radius 2 is 1.97 bits per heavy atom. The fraction of sp³-hybridized carbons (Fsp3) is 0.588. The van der Waals surface area contributed by atoms with E-state index in [-0.39, 0.29) is 23.6 Å². The minimum absolute atomic E-state index is 0.0933. The highest BCUT2D eigenvalue weighted by Gasteiger charge is 2.65. The second-order valence-electron chi connectivity index (χ2n) is 7.50. The lowest BCUT2D eigenvalue weighted by Crippen LogP contribution is -2.79. The van der Waals surface area contributed by atoms with Gasteiger partial charge in [-0.05, 0) is 20.8 Å². The Morgan fingerprint density at radius 3 is 2.50 bits per heavy atom. The van der Waals surface area contributed by atoms with Gasteiger partial charge in [0, 0.05) is 18.2 Å². The number of carbonyl (C=O) groups excluding carboxylic acids is 4. The molecule has 2 rings (SSSR count). The number of amides is 2. The van der Waals surface area contributed by atoms with Gasteiger partial charge in [-0.25, -0.2) is 9.59 Å². The first-order chi connectivity index (χ1) is 13.8. The molecule has 2 aliphatic rings. The van der Waals surface area contributed by atoms with Crippen molar-refractivity contribution in [2.75, 3.05) is 18.9 Å². The number of ether oxygens (including phenoxy) is 3. The number of carboxylic acid groups (broad SMARTS) is 1. The highest BCUT2D eigenvalue weighted by Crippen LogP contribution is 2.45. The second-order valence-corrected chi connectivity index (χ2v) is 8.57. The Bertz CT molecular complexity index is 820. The number of carbonyl (C=O) groups is 5. The number of carboxylic acids is 1. The van der Waals surface area contributed by atoms with Gasteiger partial charge in [0.15, 0.2) is 0 Å². The molecule has 1 unspecified atom stereocenters. The largest absolute Gasteiger partial charge is 0.477 e. The van der Waals surface area contributed by atoms with Gasteiger partial charge in [-0.1, -0.05) is 0 Å². The molecule has 0 radical (unpaired) electrons. The second kappa shape index (κ2) is 8.52. The third-order valence-corrected chi connectivity index (χ3v) is 5.25. The van der Waals surface area contributed by atoms with E-state index in [1.807, 2.05) is 0 Å². The number of nitrogens with zero attached hydrogens (tertiary/aromatic N) is 1. The van der Waals surface area contributed by atoms with Gasteiger partial charge in [-0.2, -0.15) is 0 Å². The first-order valence-corrected chi connectivity index (χ1v) is 9.82. The molecule has 0 aromatic carbocycles. The molecule has 1 saturated heterocycles. The van der Waals surface area contributed by atoms with Crippen molar-refractivity contribution in [3.05, 3.63) is 11.3 Å². The molecule has 2 atom stereocenters. The van der Waals surface area contributed by atoms with Crippen molar-refractivity contribution in [2.45, 2.75) is 44.4 Å². The highest BCUT2D eigenvalue weighted by atomic mass is 32.2. The van der Waals surface area contributed by atoms with Crippen LogP contribution in [0.2, 0.25) is 0 Å². The normalized spacial score (nSPS) is 23.2. The number of alkyl carbamates (subject to hydrolysis) is 1. The number of aliphatic carboxylic acids is 1. The number of β-lactam (4-membered cyclic amide) rings is 1. The number of nitrogens with one attached hydrogen (secondary N) is 1. The summed E-state index contributed by atoms with van der Waals surface area (Å²) in [5.41, 5.74) is 2.93. The molecule has 2 heterocycles. The third kappa shape index (κ3) is 5.02. The van der Waals surface area contributed by atoms with Crippen molar-refractivity contribution in [3.63, 3.8) is 0 Å². The van der Waals surface area contributed by atoms with Crippen LogP contribution in [-0.4, -0.2) is 75.5 Å². The number of hydrogen-bond acceptors (Lipinski definition) is 10. The Labute approximate surface area is 176 Å². The summed E-state index contributed by atoms with van der Waals surface area (Å²) in [6.45, 7) is 5.21. The molecule has 0 bridgehead atoms. The zero-order chi connectivity index (χ0) is 22.9. The number of rotatable bonds is 6. The highest BCUT2D eigenvalue weighted by molar-refractivity contribution is 8.00. The topological polar surface area (TPSA) is 175 Å². The molecule has 30 heavy (non-hydrogen) atoms. The van der Waals surface area contributed by atoms with Crippen molar-refractivity contribution in [3.8, 4) is 0 Å². The van der Waals surface area contributed by atoms with E-state index in [1.165, 1.54) is 6.92 Å². The van der Waals surface area contributed by atoms with Crippen LogP contribution < -0.4 is 11.1 Å². The fourth-order valence-electron chi connectivity index (χ4n) is 2.69. The first-order valence-electron chi connectivity index (χ1n) is 8.77. The van der Waals surface area contributed by atoms with Gasteiger partial charge in [0.1, 0.15) is 29.8 Å². The zero-order valence-electron chi connectivity index (χ0n) is 16.8. The molecule has 0 aliphatic carbocycles. The van der Waals surface area contributed by atoms with Gasteiger partial charge in [0.2, 0.25) is 0 Å². The van der Waals surface area contributed by atoms with Gasteiger partial charge in [-0.15, -0.1) is 11.8 Å². The molecule has 1 fully saturated rings.